The summed E-state index contributed by atoms with van der Waals surface area (Å²) in [7, 11) is -3.71. The lowest BCUT2D eigenvalue weighted by atomic mass is 10.2. The van der Waals surface area contributed by atoms with E-state index in [1.807, 2.05) is 11.0 Å². The fourth-order valence-electron chi connectivity index (χ4n) is 2.56. The van der Waals surface area contributed by atoms with Gasteiger partial charge in [0.2, 0.25) is 10.0 Å². The van der Waals surface area contributed by atoms with Crippen LogP contribution in [0, 0.1) is 0 Å². The summed E-state index contributed by atoms with van der Waals surface area (Å²) in [4.78, 5) is 14.4. The number of sulfonamides is 1. The van der Waals surface area contributed by atoms with Crippen molar-refractivity contribution in [2.75, 3.05) is 26.3 Å². The van der Waals surface area contributed by atoms with Crippen LogP contribution in [0.2, 0.25) is 0 Å². The van der Waals surface area contributed by atoms with E-state index in [0.717, 1.165) is 19.4 Å². The number of benzene rings is 1. The van der Waals surface area contributed by atoms with Gasteiger partial charge in [0.05, 0.1) is 19.0 Å². The number of hydrogen-bond acceptors (Lipinski definition) is 5. The molecule has 0 saturated carbocycles. The summed E-state index contributed by atoms with van der Waals surface area (Å²) in [5.74, 6) is -0.709. The van der Waals surface area contributed by atoms with Gasteiger partial charge in [-0.25, -0.2) is 8.42 Å². The molecule has 1 aromatic carbocycles. The molecule has 23 heavy (non-hydrogen) atoms. The van der Waals surface area contributed by atoms with Gasteiger partial charge < -0.3 is 4.74 Å². The first-order valence-corrected chi connectivity index (χ1v) is 9.57. The topological polar surface area (TPSA) is 75.7 Å². The Labute approximate surface area is 137 Å². The largest absolute Gasteiger partial charge is 0.378 e. The van der Waals surface area contributed by atoms with Crippen molar-refractivity contribution >= 4 is 15.9 Å². The van der Waals surface area contributed by atoms with Crippen LogP contribution in [-0.4, -0.2) is 51.6 Å². The standard InChI is InChI=1S/C16H24N2O4S/c1-2-3-9-18-10-11-22-12-15(18)16(19)17-23(20,21)13-14-7-5-4-6-8-14/h4-8,15H,2-3,9-13H2,1H3,(H,17,19). The second kappa shape index (κ2) is 8.42. The van der Waals surface area contributed by atoms with Crippen LogP contribution in [0.15, 0.2) is 30.3 Å². The van der Waals surface area contributed by atoms with E-state index in [4.69, 9.17) is 4.74 Å². The fraction of sp³-hybridized carbons (Fsp3) is 0.562. The monoisotopic (exact) mass is 340 g/mol. The van der Waals surface area contributed by atoms with Gasteiger partial charge in [-0.15, -0.1) is 0 Å². The van der Waals surface area contributed by atoms with Crippen molar-refractivity contribution in [3.63, 3.8) is 0 Å². The van der Waals surface area contributed by atoms with Crippen LogP contribution in [0.1, 0.15) is 25.3 Å². The Balaban J connectivity index is 1.98. The average Bonchev–Trinajstić information content (AvgIpc) is 2.53. The normalized spacial score (nSPS) is 19.4. The van der Waals surface area contributed by atoms with Crippen LogP contribution in [0.4, 0.5) is 0 Å². The first-order valence-electron chi connectivity index (χ1n) is 7.92. The number of nitrogens with zero attached hydrogens (tertiary/aromatic N) is 1. The third-order valence-corrected chi connectivity index (χ3v) is 5.02. The Kier molecular flexibility index (Phi) is 6.56. The summed E-state index contributed by atoms with van der Waals surface area (Å²) < 4.78 is 31.9. The summed E-state index contributed by atoms with van der Waals surface area (Å²) in [6.45, 7) is 4.31. The second-order valence-electron chi connectivity index (χ2n) is 5.69. The van der Waals surface area contributed by atoms with E-state index in [0.29, 0.717) is 18.7 Å². The number of morpholine rings is 1. The van der Waals surface area contributed by atoms with Crippen molar-refractivity contribution in [1.29, 1.82) is 0 Å². The van der Waals surface area contributed by atoms with Crippen LogP contribution in [-0.2, 0) is 25.3 Å². The molecule has 0 aliphatic carbocycles. The number of ether oxygens (including phenoxy) is 1. The molecule has 1 aromatic rings. The molecule has 1 aliphatic rings. The highest BCUT2D eigenvalue weighted by Crippen LogP contribution is 2.10. The number of amides is 1. The van der Waals surface area contributed by atoms with Gasteiger partial charge in [-0.2, -0.15) is 0 Å². The number of nitrogens with one attached hydrogen (secondary N) is 1. The molecule has 7 heteroatoms. The van der Waals surface area contributed by atoms with Gasteiger partial charge >= 0.3 is 0 Å². The Hall–Kier alpha value is -1.44. The van der Waals surface area contributed by atoms with Gasteiger partial charge in [-0.05, 0) is 18.5 Å². The number of carbonyl (C=O) groups excluding carboxylic acids is 1. The fourth-order valence-corrected chi connectivity index (χ4v) is 3.71. The summed E-state index contributed by atoms with van der Waals surface area (Å²) >= 11 is 0. The molecule has 1 aliphatic heterocycles. The van der Waals surface area contributed by atoms with Crippen molar-refractivity contribution in [1.82, 2.24) is 9.62 Å². The third kappa shape index (κ3) is 5.60. The molecule has 1 fully saturated rings. The minimum Gasteiger partial charge on any atom is -0.378 e. The van der Waals surface area contributed by atoms with Crippen molar-refractivity contribution in [2.45, 2.75) is 31.6 Å². The molecule has 2 rings (SSSR count). The molecular formula is C16H24N2O4S. The van der Waals surface area contributed by atoms with Crippen LogP contribution in [0.25, 0.3) is 0 Å². The maximum Gasteiger partial charge on any atom is 0.253 e. The summed E-state index contributed by atoms with van der Waals surface area (Å²) in [6, 6.07) is 8.27. The third-order valence-electron chi connectivity index (χ3n) is 3.80. The van der Waals surface area contributed by atoms with Gasteiger partial charge in [0, 0.05) is 6.54 Å². The molecule has 1 atom stereocenters. The summed E-state index contributed by atoms with van der Waals surface area (Å²) in [5, 5.41) is 0. The van der Waals surface area contributed by atoms with Gasteiger partial charge in [-0.1, -0.05) is 43.7 Å². The summed E-state index contributed by atoms with van der Waals surface area (Å²) in [6.07, 6.45) is 2.00. The maximum atomic E-state index is 12.4. The van der Waals surface area contributed by atoms with Crippen LogP contribution >= 0.6 is 0 Å². The van der Waals surface area contributed by atoms with Gasteiger partial charge in [0.25, 0.3) is 5.91 Å². The van der Waals surface area contributed by atoms with E-state index >= 15 is 0 Å². The second-order valence-corrected chi connectivity index (χ2v) is 7.41. The zero-order valence-electron chi connectivity index (χ0n) is 13.4. The molecule has 0 bridgehead atoms. The zero-order chi connectivity index (χ0) is 16.7. The molecule has 1 unspecified atom stereocenters. The van der Waals surface area contributed by atoms with Crippen LogP contribution in [0.3, 0.4) is 0 Å². The highest BCUT2D eigenvalue weighted by Gasteiger charge is 2.31. The van der Waals surface area contributed by atoms with Crippen molar-refractivity contribution in [2.24, 2.45) is 0 Å². The lowest BCUT2D eigenvalue weighted by Gasteiger charge is -2.34. The zero-order valence-corrected chi connectivity index (χ0v) is 14.2. The number of carbonyl (C=O) groups is 1. The SMILES string of the molecule is CCCCN1CCOCC1C(=O)NS(=O)(=O)Cc1ccccc1. The quantitative estimate of drug-likeness (QED) is 0.805. The van der Waals surface area contributed by atoms with Crippen LogP contribution < -0.4 is 4.72 Å². The Morgan fingerprint density at radius 2 is 2.09 bits per heavy atom. The molecule has 0 radical (unpaired) electrons. The minimum absolute atomic E-state index is 0.206. The molecule has 128 valence electrons. The predicted molar refractivity (Wildman–Crippen MR) is 88.3 cm³/mol. The molecule has 1 saturated heterocycles. The Bertz CT molecular complexity index is 604. The van der Waals surface area contributed by atoms with E-state index in [9.17, 15) is 13.2 Å². The molecule has 1 amide bonds. The van der Waals surface area contributed by atoms with E-state index in [1.165, 1.54) is 0 Å². The molecule has 0 spiro atoms. The molecule has 0 aromatic heterocycles. The molecule has 6 nitrogen and oxygen atoms in total. The molecule has 1 heterocycles. The lowest BCUT2D eigenvalue weighted by molar-refractivity contribution is -0.130. The number of rotatable bonds is 7. The van der Waals surface area contributed by atoms with E-state index in [-0.39, 0.29) is 12.4 Å². The van der Waals surface area contributed by atoms with Crippen LogP contribution in [0.5, 0.6) is 0 Å². The predicted octanol–water partition coefficient (Wildman–Crippen LogP) is 1.13. The van der Waals surface area contributed by atoms with Crippen molar-refractivity contribution in [3.05, 3.63) is 35.9 Å². The van der Waals surface area contributed by atoms with E-state index in [1.54, 1.807) is 24.3 Å². The lowest BCUT2D eigenvalue weighted by Crippen LogP contribution is -2.54. The minimum atomic E-state index is -3.71. The van der Waals surface area contributed by atoms with E-state index in [2.05, 4.69) is 11.6 Å². The van der Waals surface area contributed by atoms with Gasteiger partial charge in [-0.3, -0.25) is 14.4 Å². The van der Waals surface area contributed by atoms with Gasteiger partial charge in [0.1, 0.15) is 6.04 Å². The summed E-state index contributed by atoms with van der Waals surface area (Å²) in [5.41, 5.74) is 0.649. The van der Waals surface area contributed by atoms with E-state index < -0.39 is 22.0 Å². The average molecular weight is 340 g/mol. The highest BCUT2D eigenvalue weighted by atomic mass is 32.2. The smallest absolute Gasteiger partial charge is 0.253 e. The van der Waals surface area contributed by atoms with Crippen molar-refractivity contribution < 1.29 is 17.9 Å². The van der Waals surface area contributed by atoms with Gasteiger partial charge in [0.15, 0.2) is 0 Å². The highest BCUT2D eigenvalue weighted by molar-refractivity contribution is 7.89. The van der Waals surface area contributed by atoms with Crippen molar-refractivity contribution in [3.8, 4) is 0 Å². The first-order chi connectivity index (χ1) is 11.0. The first kappa shape index (κ1) is 17.9. The maximum absolute atomic E-state index is 12.4. The molecule has 1 N–H and O–H groups in total. The number of hydrogen-bond donors (Lipinski definition) is 1. The Morgan fingerprint density at radius 1 is 1.35 bits per heavy atom. The number of unbranched alkanes of at least 4 members (excludes halogenated alkanes) is 1. The Morgan fingerprint density at radius 3 is 2.78 bits per heavy atom. The molecular weight excluding hydrogens is 316 g/mol.